The van der Waals surface area contributed by atoms with Crippen molar-refractivity contribution in [2.75, 3.05) is 25.5 Å². The number of nitrogens with zero attached hydrogens (tertiary/aromatic N) is 1. The molecule has 2 aromatic rings. The molecule has 0 aliphatic rings. The summed E-state index contributed by atoms with van der Waals surface area (Å²) in [6.45, 7) is 8.05. The molecule has 1 N–H and O–H groups in total. The van der Waals surface area contributed by atoms with E-state index in [-0.39, 0.29) is 10.8 Å². The van der Waals surface area contributed by atoms with Crippen LogP contribution >= 0.6 is 0 Å². The van der Waals surface area contributed by atoms with E-state index in [0.717, 1.165) is 11.1 Å². The molecule has 2 aromatic carbocycles. The molecule has 146 valence electrons. The fourth-order valence-electron chi connectivity index (χ4n) is 2.78. The molecule has 0 saturated carbocycles. The van der Waals surface area contributed by atoms with E-state index in [9.17, 15) is 13.2 Å². The van der Waals surface area contributed by atoms with E-state index in [1.807, 2.05) is 13.8 Å². The normalized spacial score (nSPS) is 11.5. The topological polar surface area (TPSA) is 75.7 Å². The van der Waals surface area contributed by atoms with Gasteiger partial charge < -0.3 is 10.1 Å². The van der Waals surface area contributed by atoms with Crippen molar-refractivity contribution in [2.45, 2.75) is 32.6 Å². The molecular formula is C20H26N2O4S. The Morgan fingerprint density at radius 1 is 1.11 bits per heavy atom. The smallest absolute Gasteiger partial charge is 0.255 e. The van der Waals surface area contributed by atoms with Gasteiger partial charge in [0.15, 0.2) is 0 Å². The van der Waals surface area contributed by atoms with Gasteiger partial charge in [-0.05, 0) is 55.3 Å². The van der Waals surface area contributed by atoms with Gasteiger partial charge in [-0.2, -0.15) is 4.31 Å². The molecule has 27 heavy (non-hydrogen) atoms. The van der Waals surface area contributed by atoms with E-state index < -0.39 is 10.0 Å². The van der Waals surface area contributed by atoms with Gasteiger partial charge in [-0.25, -0.2) is 8.42 Å². The maximum absolute atomic E-state index is 12.8. The number of amides is 1. The van der Waals surface area contributed by atoms with Crippen molar-refractivity contribution in [1.29, 1.82) is 0 Å². The van der Waals surface area contributed by atoms with Crippen LogP contribution in [0.15, 0.2) is 41.3 Å². The Hall–Kier alpha value is -2.38. The molecular weight excluding hydrogens is 364 g/mol. The second-order valence-electron chi connectivity index (χ2n) is 6.19. The van der Waals surface area contributed by atoms with Gasteiger partial charge in [0.2, 0.25) is 10.0 Å². The SMILES string of the molecule is CCN(CC)S(=O)(=O)c1cc(C)c(C)c(NC(=O)c2cccc(OC)c2)c1. The average Bonchev–Trinajstić information content (AvgIpc) is 2.65. The van der Waals surface area contributed by atoms with Crippen LogP contribution in [0.5, 0.6) is 5.75 Å². The number of sulfonamides is 1. The molecule has 0 radical (unpaired) electrons. The first-order valence-electron chi connectivity index (χ1n) is 8.81. The number of benzene rings is 2. The van der Waals surface area contributed by atoms with E-state index >= 15 is 0 Å². The van der Waals surface area contributed by atoms with Crippen molar-refractivity contribution in [1.82, 2.24) is 4.31 Å². The number of rotatable bonds is 7. The molecule has 7 heteroatoms. The van der Waals surface area contributed by atoms with Crippen molar-refractivity contribution >= 4 is 21.6 Å². The van der Waals surface area contributed by atoms with Crippen LogP contribution in [0.4, 0.5) is 5.69 Å². The summed E-state index contributed by atoms with van der Waals surface area (Å²) < 4.78 is 32.2. The molecule has 0 fully saturated rings. The quantitative estimate of drug-likeness (QED) is 0.784. The maximum atomic E-state index is 12.8. The highest BCUT2D eigenvalue weighted by molar-refractivity contribution is 7.89. The molecule has 1 amide bonds. The number of carbonyl (C=O) groups excluding carboxylic acids is 1. The summed E-state index contributed by atoms with van der Waals surface area (Å²) in [5.41, 5.74) is 2.53. The number of hydrogen-bond acceptors (Lipinski definition) is 4. The Balaban J connectivity index is 2.42. The van der Waals surface area contributed by atoms with Gasteiger partial charge in [0.05, 0.1) is 12.0 Å². The van der Waals surface area contributed by atoms with Gasteiger partial charge in [0, 0.05) is 24.3 Å². The summed E-state index contributed by atoms with van der Waals surface area (Å²) in [6.07, 6.45) is 0. The van der Waals surface area contributed by atoms with Crippen LogP contribution in [0, 0.1) is 13.8 Å². The lowest BCUT2D eigenvalue weighted by atomic mass is 10.1. The first-order chi connectivity index (χ1) is 12.7. The molecule has 0 heterocycles. The Kier molecular flexibility index (Phi) is 6.62. The largest absolute Gasteiger partial charge is 0.497 e. The Labute approximate surface area is 161 Å². The molecule has 0 atom stereocenters. The number of aryl methyl sites for hydroxylation is 1. The highest BCUT2D eigenvalue weighted by atomic mass is 32.2. The fourth-order valence-corrected chi connectivity index (χ4v) is 4.35. The third-order valence-electron chi connectivity index (χ3n) is 4.56. The number of nitrogens with one attached hydrogen (secondary N) is 1. The van der Waals surface area contributed by atoms with E-state index in [1.165, 1.54) is 17.5 Å². The van der Waals surface area contributed by atoms with Gasteiger partial charge in [0.1, 0.15) is 5.75 Å². The first kappa shape index (κ1) is 20.9. The van der Waals surface area contributed by atoms with E-state index in [1.54, 1.807) is 44.2 Å². The Morgan fingerprint density at radius 3 is 2.37 bits per heavy atom. The minimum atomic E-state index is -3.61. The van der Waals surface area contributed by atoms with Crippen molar-refractivity contribution in [2.24, 2.45) is 0 Å². The predicted octanol–water partition coefficient (Wildman–Crippen LogP) is 3.59. The second-order valence-corrected chi connectivity index (χ2v) is 8.13. The van der Waals surface area contributed by atoms with Gasteiger partial charge in [-0.15, -0.1) is 0 Å². The van der Waals surface area contributed by atoms with Crippen LogP contribution in [0.2, 0.25) is 0 Å². The average molecular weight is 391 g/mol. The summed E-state index contributed by atoms with van der Waals surface area (Å²) in [5, 5.41) is 2.83. The lowest BCUT2D eigenvalue weighted by Crippen LogP contribution is -2.30. The first-order valence-corrected chi connectivity index (χ1v) is 10.2. The zero-order valence-corrected chi connectivity index (χ0v) is 17.2. The highest BCUT2D eigenvalue weighted by Gasteiger charge is 2.23. The number of hydrogen-bond donors (Lipinski definition) is 1. The third-order valence-corrected chi connectivity index (χ3v) is 6.59. The van der Waals surface area contributed by atoms with Crippen LogP contribution in [-0.4, -0.2) is 38.8 Å². The van der Waals surface area contributed by atoms with E-state index in [4.69, 9.17) is 4.74 Å². The number of ether oxygens (including phenoxy) is 1. The van der Waals surface area contributed by atoms with Crippen LogP contribution in [0.25, 0.3) is 0 Å². The lowest BCUT2D eigenvalue weighted by Gasteiger charge is -2.20. The van der Waals surface area contributed by atoms with E-state index in [0.29, 0.717) is 30.1 Å². The summed E-state index contributed by atoms with van der Waals surface area (Å²) in [6, 6.07) is 9.96. The van der Waals surface area contributed by atoms with Gasteiger partial charge in [-0.3, -0.25) is 4.79 Å². The molecule has 0 aliphatic heterocycles. The van der Waals surface area contributed by atoms with Gasteiger partial charge in [-0.1, -0.05) is 19.9 Å². The van der Waals surface area contributed by atoms with Crippen LogP contribution < -0.4 is 10.1 Å². The maximum Gasteiger partial charge on any atom is 0.255 e. The fraction of sp³-hybridized carbons (Fsp3) is 0.350. The Morgan fingerprint density at radius 2 is 1.78 bits per heavy atom. The molecule has 0 bridgehead atoms. The molecule has 0 saturated heterocycles. The standard InChI is InChI=1S/C20H26N2O4S/c1-6-22(7-2)27(24,25)18-11-14(3)15(4)19(13-18)21-20(23)16-9-8-10-17(12-16)26-5/h8-13H,6-7H2,1-5H3,(H,21,23). The Bertz CT molecular complexity index is 935. The lowest BCUT2D eigenvalue weighted by molar-refractivity contribution is 0.102. The second kappa shape index (κ2) is 8.54. The zero-order valence-electron chi connectivity index (χ0n) is 16.4. The monoisotopic (exact) mass is 390 g/mol. The summed E-state index contributed by atoms with van der Waals surface area (Å²) in [4.78, 5) is 12.8. The van der Waals surface area contributed by atoms with Crippen molar-refractivity contribution in [3.8, 4) is 5.75 Å². The summed E-state index contributed by atoms with van der Waals surface area (Å²) in [5.74, 6) is 0.252. The van der Waals surface area contributed by atoms with E-state index in [2.05, 4.69) is 5.32 Å². The highest BCUT2D eigenvalue weighted by Crippen LogP contribution is 2.27. The van der Waals surface area contributed by atoms with Crippen LogP contribution in [0.3, 0.4) is 0 Å². The predicted molar refractivity (Wildman–Crippen MR) is 107 cm³/mol. The molecule has 0 aromatic heterocycles. The van der Waals surface area contributed by atoms with Crippen LogP contribution in [0.1, 0.15) is 35.3 Å². The number of carbonyl (C=O) groups is 1. The van der Waals surface area contributed by atoms with Gasteiger partial charge >= 0.3 is 0 Å². The van der Waals surface area contributed by atoms with Gasteiger partial charge in [0.25, 0.3) is 5.91 Å². The van der Waals surface area contributed by atoms with Crippen LogP contribution in [-0.2, 0) is 10.0 Å². The minimum Gasteiger partial charge on any atom is -0.497 e. The van der Waals surface area contributed by atoms with Crippen molar-refractivity contribution in [3.05, 3.63) is 53.1 Å². The number of anilines is 1. The third kappa shape index (κ3) is 4.48. The van der Waals surface area contributed by atoms with Crippen molar-refractivity contribution in [3.63, 3.8) is 0 Å². The molecule has 6 nitrogen and oxygen atoms in total. The number of methoxy groups -OCH3 is 1. The molecule has 2 rings (SSSR count). The minimum absolute atomic E-state index is 0.176. The molecule has 0 unspecified atom stereocenters. The summed E-state index contributed by atoms with van der Waals surface area (Å²) >= 11 is 0. The molecule has 0 aliphatic carbocycles. The van der Waals surface area contributed by atoms with Crippen molar-refractivity contribution < 1.29 is 17.9 Å². The molecule has 0 spiro atoms. The zero-order chi connectivity index (χ0) is 20.2. The summed E-state index contributed by atoms with van der Waals surface area (Å²) in [7, 11) is -2.08.